The zero-order valence-corrected chi connectivity index (χ0v) is 15.3. The topological polar surface area (TPSA) is 149 Å². The zero-order chi connectivity index (χ0) is 18.0. The summed E-state index contributed by atoms with van der Waals surface area (Å²) in [5.41, 5.74) is 15.2. The van der Waals surface area contributed by atoms with Crippen LogP contribution in [0.2, 0.25) is 0 Å². The average Bonchev–Trinajstić information content (AvgIpc) is 2.62. The first-order chi connectivity index (χ1) is 11.5. The summed E-state index contributed by atoms with van der Waals surface area (Å²) < 4.78 is 0. The van der Waals surface area contributed by atoms with Crippen LogP contribution >= 0.6 is 23.5 Å². The van der Waals surface area contributed by atoms with E-state index in [1.807, 2.05) is 18.2 Å². The number of nitrogens with one attached hydrogen (secondary N) is 2. The normalized spacial score (nSPS) is 14.2. The summed E-state index contributed by atoms with van der Waals surface area (Å²) in [4.78, 5) is 0. The van der Waals surface area contributed by atoms with E-state index in [-0.39, 0.29) is 21.7 Å². The number of amidine groups is 2. The second-order valence-electron chi connectivity index (χ2n) is 5.45. The van der Waals surface area contributed by atoms with Crippen LogP contribution in [0.1, 0.15) is 19.4 Å². The summed E-state index contributed by atoms with van der Waals surface area (Å²) >= 11 is 2.65. The molecule has 6 N–H and O–H groups in total. The molecule has 1 rings (SSSR count). The molecule has 0 amide bonds. The Morgan fingerprint density at radius 1 is 1.00 bits per heavy atom. The lowest BCUT2D eigenvalue weighted by atomic mass is 9.75. The van der Waals surface area contributed by atoms with E-state index in [9.17, 15) is 0 Å². The Balaban J connectivity index is 2.98. The van der Waals surface area contributed by atoms with Crippen molar-refractivity contribution < 1.29 is 0 Å². The highest BCUT2D eigenvalue weighted by Crippen LogP contribution is 2.36. The van der Waals surface area contributed by atoms with Gasteiger partial charge in [-0.3, -0.25) is 0 Å². The second-order valence-corrected chi connectivity index (χ2v) is 7.43. The van der Waals surface area contributed by atoms with E-state index in [1.165, 1.54) is 29.1 Å². The first-order valence-electron chi connectivity index (χ1n) is 7.11. The van der Waals surface area contributed by atoms with Crippen LogP contribution in [0.25, 0.3) is 0 Å². The van der Waals surface area contributed by atoms with Crippen LogP contribution in [0.5, 0.6) is 0 Å². The lowest BCUT2D eigenvalue weighted by Gasteiger charge is -2.34. The Hall–Kier alpha value is -1.94. The maximum atomic E-state index is 7.07. The Kier molecular flexibility index (Phi) is 8.41. The molecule has 0 aromatic heterocycles. The summed E-state index contributed by atoms with van der Waals surface area (Å²) in [5.74, 6) is 11.9. The molecule has 0 aliphatic carbocycles. The third kappa shape index (κ3) is 5.60. The molecule has 10 heteroatoms. The number of hydrazone groups is 2. The number of benzene rings is 1. The first-order valence-corrected chi connectivity index (χ1v) is 9.08. The Morgan fingerprint density at radius 3 is 1.83 bits per heavy atom. The van der Waals surface area contributed by atoms with E-state index >= 15 is 0 Å². The van der Waals surface area contributed by atoms with Gasteiger partial charge >= 0.3 is 0 Å². The lowest BCUT2D eigenvalue weighted by Crippen LogP contribution is -2.33. The maximum absolute atomic E-state index is 7.07. The molecule has 0 aliphatic heterocycles. The minimum Gasteiger partial charge on any atom is -0.321 e. The van der Waals surface area contributed by atoms with Crippen molar-refractivity contribution in [3.63, 3.8) is 0 Å². The van der Waals surface area contributed by atoms with Crippen molar-refractivity contribution in [2.24, 2.45) is 38.0 Å². The molecule has 1 aromatic carbocycles. The fourth-order valence-electron chi connectivity index (χ4n) is 2.12. The molecule has 0 unspecified atom stereocenters. The molecule has 0 fully saturated rings. The van der Waals surface area contributed by atoms with Gasteiger partial charge in [0.05, 0.1) is 0 Å². The van der Waals surface area contributed by atoms with Gasteiger partial charge in [0.2, 0.25) is 10.3 Å². The van der Waals surface area contributed by atoms with Crippen molar-refractivity contribution in [2.75, 3.05) is 11.5 Å². The van der Waals surface area contributed by atoms with Crippen LogP contribution in [-0.2, 0) is 5.41 Å². The highest BCUT2D eigenvalue weighted by atomic mass is 32.2. The predicted molar refractivity (Wildman–Crippen MR) is 101 cm³/mol. The molecule has 0 spiro atoms. The van der Waals surface area contributed by atoms with Gasteiger partial charge in [0, 0.05) is 11.5 Å². The molecule has 0 aliphatic rings. The van der Waals surface area contributed by atoms with Crippen molar-refractivity contribution in [2.45, 2.75) is 19.3 Å². The molecule has 0 heterocycles. The van der Waals surface area contributed by atoms with Crippen LogP contribution in [0.15, 0.2) is 50.8 Å². The van der Waals surface area contributed by atoms with Crippen molar-refractivity contribution in [3.8, 4) is 0 Å². The average molecular weight is 367 g/mol. The standard InChI is InChI=1S/C14H22N8S2/c1-14(2,10-6-4-3-5-7-10)11(8-23-12(19-15)20-16)9-24-13(21-17)22-18/h3-7,11,15,17H,8-9,16,18H2,1-2H3. The second kappa shape index (κ2) is 10.0. The first kappa shape index (κ1) is 20.1. The lowest BCUT2D eigenvalue weighted by molar-refractivity contribution is 0.385. The number of nitrogens with two attached hydrogens (primary N) is 2. The maximum Gasteiger partial charge on any atom is 0.226 e. The third-order valence-electron chi connectivity index (χ3n) is 3.78. The van der Waals surface area contributed by atoms with Crippen LogP contribution in [0.3, 0.4) is 0 Å². The Labute approximate surface area is 149 Å². The summed E-state index contributed by atoms with van der Waals surface area (Å²) in [6, 6.07) is 10.2. The summed E-state index contributed by atoms with van der Waals surface area (Å²) in [6.07, 6.45) is 0. The molecule has 24 heavy (non-hydrogen) atoms. The SMILES string of the molecule is CC(C)(c1ccccc1)C(CSC(N=N)=NN)CSC(N=N)=NN. The van der Waals surface area contributed by atoms with Gasteiger partial charge in [-0.25, -0.2) is 11.1 Å². The largest absolute Gasteiger partial charge is 0.321 e. The molecule has 0 atom stereocenters. The number of nitrogens with zero attached hydrogens (tertiary/aromatic N) is 4. The summed E-state index contributed by atoms with van der Waals surface area (Å²) in [7, 11) is 0. The summed E-state index contributed by atoms with van der Waals surface area (Å²) in [6.45, 7) is 4.31. The smallest absolute Gasteiger partial charge is 0.226 e. The highest BCUT2D eigenvalue weighted by molar-refractivity contribution is 8.14. The fraction of sp³-hybridized carbons (Fsp3) is 0.429. The molecular formula is C14H22N8S2. The van der Waals surface area contributed by atoms with Crippen LogP contribution in [0, 0.1) is 17.0 Å². The molecule has 0 bridgehead atoms. The van der Waals surface area contributed by atoms with Gasteiger partial charge in [0.1, 0.15) is 0 Å². The predicted octanol–water partition coefficient (Wildman–Crippen LogP) is 3.57. The minimum absolute atomic E-state index is 0.159. The molecule has 8 nitrogen and oxygen atoms in total. The third-order valence-corrected chi connectivity index (χ3v) is 5.83. The van der Waals surface area contributed by atoms with E-state index in [0.717, 1.165) is 0 Å². The Bertz CT molecular complexity index is 572. The van der Waals surface area contributed by atoms with Crippen molar-refractivity contribution in [1.29, 1.82) is 11.1 Å². The van der Waals surface area contributed by atoms with Gasteiger partial charge in [-0.2, -0.15) is 10.2 Å². The number of rotatable bonds is 6. The number of thioether (sulfide) groups is 2. The monoisotopic (exact) mass is 366 g/mol. The summed E-state index contributed by atoms with van der Waals surface area (Å²) in [5, 5.41) is 14.0. The van der Waals surface area contributed by atoms with E-state index in [1.54, 1.807) is 0 Å². The molecular weight excluding hydrogens is 344 g/mol. The quantitative estimate of drug-likeness (QED) is 0.200. The van der Waals surface area contributed by atoms with Crippen molar-refractivity contribution >= 4 is 33.9 Å². The number of hydrogen-bond acceptors (Lipinski definition) is 8. The zero-order valence-electron chi connectivity index (χ0n) is 13.6. The van der Waals surface area contributed by atoms with E-state index in [0.29, 0.717) is 11.5 Å². The van der Waals surface area contributed by atoms with E-state index < -0.39 is 0 Å². The molecule has 0 radical (unpaired) electrons. The van der Waals surface area contributed by atoms with Crippen molar-refractivity contribution in [1.82, 2.24) is 0 Å². The van der Waals surface area contributed by atoms with E-state index in [2.05, 4.69) is 46.4 Å². The Morgan fingerprint density at radius 2 is 1.46 bits per heavy atom. The van der Waals surface area contributed by atoms with Crippen LogP contribution in [0.4, 0.5) is 0 Å². The van der Waals surface area contributed by atoms with Gasteiger partial charge in [0.25, 0.3) is 0 Å². The molecule has 130 valence electrons. The number of hydrogen-bond donors (Lipinski definition) is 4. The minimum atomic E-state index is -0.162. The van der Waals surface area contributed by atoms with E-state index in [4.69, 9.17) is 22.7 Å². The van der Waals surface area contributed by atoms with Gasteiger partial charge in [-0.15, -0.1) is 10.2 Å². The molecule has 0 saturated carbocycles. The van der Waals surface area contributed by atoms with Crippen LogP contribution in [-0.4, -0.2) is 21.8 Å². The highest BCUT2D eigenvalue weighted by Gasteiger charge is 2.32. The van der Waals surface area contributed by atoms with Gasteiger partial charge < -0.3 is 11.7 Å². The van der Waals surface area contributed by atoms with Crippen LogP contribution < -0.4 is 11.7 Å². The van der Waals surface area contributed by atoms with Gasteiger partial charge in [-0.05, 0) is 16.9 Å². The van der Waals surface area contributed by atoms with Crippen molar-refractivity contribution in [3.05, 3.63) is 35.9 Å². The molecule has 1 aromatic rings. The van der Waals surface area contributed by atoms with Gasteiger partial charge in [0.15, 0.2) is 0 Å². The fourth-order valence-corrected chi connectivity index (χ4v) is 4.31. The molecule has 0 saturated heterocycles. The van der Waals surface area contributed by atoms with Gasteiger partial charge in [-0.1, -0.05) is 67.7 Å².